The monoisotopic (exact) mass is 168 g/mol. The molecule has 0 aromatic heterocycles. The number of ketones is 1. The van der Waals surface area contributed by atoms with Gasteiger partial charge in [-0.1, -0.05) is 27.7 Å². The van der Waals surface area contributed by atoms with Gasteiger partial charge < -0.3 is 0 Å². The first kappa shape index (κ1) is 9.76. The summed E-state index contributed by atoms with van der Waals surface area (Å²) >= 11 is 0. The van der Waals surface area contributed by atoms with E-state index in [9.17, 15) is 4.79 Å². The zero-order chi connectivity index (χ0) is 9.35. The number of carbonyl (C=O) groups is 1. The van der Waals surface area contributed by atoms with E-state index in [-0.39, 0.29) is 5.41 Å². The fraction of sp³-hybridized carbons (Fsp3) is 0.909. The molecule has 1 nitrogen and oxygen atoms in total. The molecule has 0 radical (unpaired) electrons. The molecule has 70 valence electrons. The highest BCUT2D eigenvalue weighted by atomic mass is 16.1. The predicted octanol–water partition coefficient (Wildman–Crippen LogP) is 3.04. The van der Waals surface area contributed by atoms with Crippen LogP contribution in [0.4, 0.5) is 0 Å². The van der Waals surface area contributed by atoms with Gasteiger partial charge in [-0.2, -0.15) is 0 Å². The van der Waals surface area contributed by atoms with Crippen LogP contribution in [0.5, 0.6) is 0 Å². The van der Waals surface area contributed by atoms with Gasteiger partial charge in [0.15, 0.2) is 0 Å². The maximum absolute atomic E-state index is 11.2. The van der Waals surface area contributed by atoms with Gasteiger partial charge in [0.1, 0.15) is 5.78 Å². The van der Waals surface area contributed by atoms with E-state index in [2.05, 4.69) is 27.7 Å². The Morgan fingerprint density at radius 1 is 1.42 bits per heavy atom. The molecule has 0 aromatic rings. The van der Waals surface area contributed by atoms with E-state index in [0.29, 0.717) is 11.7 Å². The van der Waals surface area contributed by atoms with Crippen molar-refractivity contribution in [2.75, 3.05) is 0 Å². The third-order valence-corrected chi connectivity index (χ3v) is 3.20. The summed E-state index contributed by atoms with van der Waals surface area (Å²) in [5, 5.41) is 0. The molecule has 1 aliphatic carbocycles. The maximum atomic E-state index is 11.2. The molecule has 0 amide bonds. The van der Waals surface area contributed by atoms with Crippen LogP contribution < -0.4 is 0 Å². The molecule has 1 unspecified atom stereocenters. The molecule has 1 saturated carbocycles. The molecule has 0 spiro atoms. The van der Waals surface area contributed by atoms with Crippen molar-refractivity contribution in [1.82, 2.24) is 0 Å². The molecule has 1 heteroatoms. The number of hydrogen-bond donors (Lipinski definition) is 0. The molecule has 0 aliphatic heterocycles. The standard InChI is InChI=1S/C11H20O/c1-8(2)10-6-5-9(12)7-11(10,3)4/h8,10H,5-7H2,1-4H3. The van der Waals surface area contributed by atoms with Gasteiger partial charge in [-0.3, -0.25) is 4.79 Å². The smallest absolute Gasteiger partial charge is 0.133 e. The second-order valence-corrected chi connectivity index (χ2v) is 5.09. The van der Waals surface area contributed by atoms with Crippen LogP contribution in [-0.4, -0.2) is 5.78 Å². The number of carbonyl (C=O) groups excluding carboxylic acids is 1. The van der Waals surface area contributed by atoms with E-state index >= 15 is 0 Å². The summed E-state index contributed by atoms with van der Waals surface area (Å²) in [6, 6.07) is 0. The summed E-state index contributed by atoms with van der Waals surface area (Å²) in [6.07, 6.45) is 2.70. The number of rotatable bonds is 1. The molecular weight excluding hydrogens is 148 g/mol. The Kier molecular flexibility index (Phi) is 2.60. The lowest BCUT2D eigenvalue weighted by Crippen LogP contribution is -2.35. The van der Waals surface area contributed by atoms with E-state index < -0.39 is 0 Å². The highest BCUT2D eigenvalue weighted by Gasteiger charge is 2.37. The molecular formula is C11H20O. The number of Topliss-reactive ketones (excluding diaryl/α,β-unsaturated/α-hetero) is 1. The van der Waals surface area contributed by atoms with Crippen molar-refractivity contribution in [2.45, 2.75) is 47.0 Å². The molecule has 1 atom stereocenters. The van der Waals surface area contributed by atoms with Crippen LogP contribution in [0.3, 0.4) is 0 Å². The van der Waals surface area contributed by atoms with Crippen molar-refractivity contribution >= 4 is 5.78 Å². The van der Waals surface area contributed by atoms with Crippen LogP contribution >= 0.6 is 0 Å². The third-order valence-electron chi connectivity index (χ3n) is 3.20. The Labute approximate surface area is 75.5 Å². The van der Waals surface area contributed by atoms with E-state index in [1.165, 1.54) is 0 Å². The summed E-state index contributed by atoms with van der Waals surface area (Å²) in [7, 11) is 0. The van der Waals surface area contributed by atoms with Gasteiger partial charge in [0.05, 0.1) is 0 Å². The van der Waals surface area contributed by atoms with Crippen molar-refractivity contribution in [3.05, 3.63) is 0 Å². The molecule has 12 heavy (non-hydrogen) atoms. The topological polar surface area (TPSA) is 17.1 Å². The largest absolute Gasteiger partial charge is 0.300 e. The van der Waals surface area contributed by atoms with E-state index in [0.717, 1.165) is 25.2 Å². The summed E-state index contributed by atoms with van der Waals surface area (Å²) in [5.74, 6) is 1.90. The molecule has 0 saturated heterocycles. The SMILES string of the molecule is CC(C)C1CCC(=O)CC1(C)C. The normalized spacial score (nSPS) is 29.4. The molecule has 1 aliphatic rings. The minimum absolute atomic E-state index is 0.240. The minimum atomic E-state index is 0.240. The first-order valence-corrected chi connectivity index (χ1v) is 4.95. The van der Waals surface area contributed by atoms with Gasteiger partial charge in [-0.25, -0.2) is 0 Å². The highest BCUT2D eigenvalue weighted by Crippen LogP contribution is 2.42. The lowest BCUT2D eigenvalue weighted by atomic mass is 9.64. The highest BCUT2D eigenvalue weighted by molar-refractivity contribution is 5.79. The Morgan fingerprint density at radius 3 is 2.42 bits per heavy atom. The van der Waals surface area contributed by atoms with Gasteiger partial charge in [0.25, 0.3) is 0 Å². The van der Waals surface area contributed by atoms with Crippen LogP contribution in [0, 0.1) is 17.3 Å². The van der Waals surface area contributed by atoms with Gasteiger partial charge in [-0.05, 0) is 23.7 Å². The molecule has 1 fully saturated rings. The molecule has 0 N–H and O–H groups in total. The zero-order valence-electron chi connectivity index (χ0n) is 8.68. The second kappa shape index (κ2) is 3.20. The molecule has 0 aromatic carbocycles. The number of hydrogen-bond acceptors (Lipinski definition) is 1. The molecule has 1 rings (SSSR count). The Hall–Kier alpha value is -0.330. The third kappa shape index (κ3) is 1.88. The summed E-state index contributed by atoms with van der Waals surface area (Å²) in [6.45, 7) is 8.99. The van der Waals surface area contributed by atoms with Gasteiger partial charge in [0, 0.05) is 12.8 Å². The van der Waals surface area contributed by atoms with Crippen LogP contribution in [0.2, 0.25) is 0 Å². The summed E-state index contributed by atoms with van der Waals surface area (Å²) in [4.78, 5) is 11.2. The van der Waals surface area contributed by atoms with Crippen LogP contribution in [-0.2, 0) is 4.79 Å². The predicted molar refractivity (Wildman–Crippen MR) is 51.0 cm³/mol. The maximum Gasteiger partial charge on any atom is 0.133 e. The van der Waals surface area contributed by atoms with Crippen molar-refractivity contribution < 1.29 is 4.79 Å². The molecule has 0 bridgehead atoms. The van der Waals surface area contributed by atoms with E-state index in [1.807, 2.05) is 0 Å². The van der Waals surface area contributed by atoms with Gasteiger partial charge >= 0.3 is 0 Å². The average Bonchev–Trinajstić information content (AvgIpc) is 1.82. The first-order chi connectivity index (χ1) is 5.43. The minimum Gasteiger partial charge on any atom is -0.300 e. The van der Waals surface area contributed by atoms with Crippen molar-refractivity contribution in [3.8, 4) is 0 Å². The fourth-order valence-corrected chi connectivity index (χ4v) is 2.67. The van der Waals surface area contributed by atoms with E-state index in [1.54, 1.807) is 0 Å². The quantitative estimate of drug-likeness (QED) is 0.588. The lowest BCUT2D eigenvalue weighted by molar-refractivity contribution is -0.125. The second-order valence-electron chi connectivity index (χ2n) is 5.09. The molecule has 0 heterocycles. The van der Waals surface area contributed by atoms with Crippen molar-refractivity contribution in [2.24, 2.45) is 17.3 Å². The Morgan fingerprint density at radius 2 is 2.00 bits per heavy atom. The van der Waals surface area contributed by atoms with Crippen LogP contribution in [0.15, 0.2) is 0 Å². The Bertz CT molecular complexity index is 179. The van der Waals surface area contributed by atoms with Crippen LogP contribution in [0.25, 0.3) is 0 Å². The fourth-order valence-electron chi connectivity index (χ4n) is 2.67. The van der Waals surface area contributed by atoms with Gasteiger partial charge in [0.2, 0.25) is 0 Å². The van der Waals surface area contributed by atoms with E-state index in [4.69, 9.17) is 0 Å². The average molecular weight is 168 g/mol. The zero-order valence-corrected chi connectivity index (χ0v) is 8.68. The lowest BCUT2D eigenvalue weighted by Gasteiger charge is -2.40. The summed E-state index contributed by atoms with van der Waals surface area (Å²) in [5.41, 5.74) is 0.240. The summed E-state index contributed by atoms with van der Waals surface area (Å²) < 4.78 is 0. The van der Waals surface area contributed by atoms with Crippen molar-refractivity contribution in [1.29, 1.82) is 0 Å². The van der Waals surface area contributed by atoms with Crippen LogP contribution in [0.1, 0.15) is 47.0 Å². The first-order valence-electron chi connectivity index (χ1n) is 4.95. The Balaban J connectivity index is 2.70. The van der Waals surface area contributed by atoms with Crippen molar-refractivity contribution in [3.63, 3.8) is 0 Å². The van der Waals surface area contributed by atoms with Gasteiger partial charge in [-0.15, -0.1) is 0 Å².